The van der Waals surface area contributed by atoms with Gasteiger partial charge in [0.2, 0.25) is 0 Å². The summed E-state index contributed by atoms with van der Waals surface area (Å²) in [6, 6.07) is 0. The zero-order valence-electron chi connectivity index (χ0n) is 13.0. The predicted molar refractivity (Wildman–Crippen MR) is 95.0 cm³/mol. The molecular weight excluding hydrogens is 260 g/mol. The summed E-state index contributed by atoms with van der Waals surface area (Å²) < 4.78 is 7.19. The van der Waals surface area contributed by atoms with Crippen molar-refractivity contribution >= 4 is 18.0 Å². The first-order chi connectivity index (χ1) is 7.33. The van der Waals surface area contributed by atoms with E-state index in [1.807, 2.05) is 14.1 Å². The molecule has 0 saturated heterocycles. The van der Waals surface area contributed by atoms with Crippen molar-refractivity contribution in [1.29, 1.82) is 0 Å². The maximum absolute atomic E-state index is 7.00. The lowest BCUT2D eigenvalue weighted by atomic mass is 11.3. The molecule has 0 radical (unpaired) electrons. The highest BCUT2D eigenvalue weighted by Crippen LogP contribution is 1.79. The second-order valence-electron chi connectivity index (χ2n) is 3.84. The van der Waals surface area contributed by atoms with Gasteiger partial charge >= 0.3 is 0 Å². The first-order valence-corrected chi connectivity index (χ1v) is 11.2. The maximum atomic E-state index is 7.00. The Hall–Kier alpha value is 0.274. The largest absolute Gasteiger partial charge is 0.424 e. The molecule has 0 bridgehead atoms. The van der Waals surface area contributed by atoms with Crippen molar-refractivity contribution in [2.24, 2.45) is 0 Å². The molecule has 0 aliphatic rings. The van der Waals surface area contributed by atoms with Crippen LogP contribution in [0.4, 0.5) is 0 Å². The van der Waals surface area contributed by atoms with Crippen LogP contribution < -0.4 is 5.32 Å². The highest BCUT2D eigenvalue weighted by molar-refractivity contribution is 6.52. The van der Waals surface area contributed by atoms with Crippen LogP contribution in [0, 0.1) is 0 Å². The normalized spacial score (nSPS) is 7.67. The highest BCUT2D eigenvalue weighted by Gasteiger charge is 1.93. The van der Waals surface area contributed by atoms with Crippen molar-refractivity contribution in [1.82, 2.24) is 9.88 Å². The summed E-state index contributed by atoms with van der Waals surface area (Å²) in [6.45, 7) is 8.89. The standard InChI is InChI=1S/C4H13NSi.C3H10OSi.C2H7N.CH4O.2CH4/c1-5(2)6(3)4;1-4-5(2)3;1-3-2;1-2;;/h6H,1-4H3;5H,1-3H3;3H,1-2H3;2H,1H3;2*1H4. The summed E-state index contributed by atoms with van der Waals surface area (Å²) in [5, 5.41) is 9.75. The van der Waals surface area contributed by atoms with E-state index < -0.39 is 18.0 Å². The third-order valence-corrected chi connectivity index (χ3v) is 4.51. The van der Waals surface area contributed by atoms with Crippen LogP contribution in [0.3, 0.4) is 0 Å². The van der Waals surface area contributed by atoms with Gasteiger partial charge in [-0.05, 0) is 41.3 Å². The van der Waals surface area contributed by atoms with Crippen molar-refractivity contribution in [3.63, 3.8) is 0 Å². The van der Waals surface area contributed by atoms with Gasteiger partial charge in [0.15, 0.2) is 9.04 Å². The molecule has 0 heterocycles. The van der Waals surface area contributed by atoms with Crippen LogP contribution in [-0.2, 0) is 4.43 Å². The van der Waals surface area contributed by atoms with E-state index >= 15 is 0 Å². The van der Waals surface area contributed by atoms with Crippen LogP contribution in [0.15, 0.2) is 0 Å². The van der Waals surface area contributed by atoms with Gasteiger partial charge in [0.05, 0.1) is 0 Å². The quantitative estimate of drug-likeness (QED) is 0.764. The summed E-state index contributed by atoms with van der Waals surface area (Å²) in [6.07, 6.45) is 0. The average molecular weight is 303 g/mol. The summed E-state index contributed by atoms with van der Waals surface area (Å²) in [4.78, 5) is 0. The minimum atomic E-state index is -0.650. The molecule has 6 heteroatoms. The van der Waals surface area contributed by atoms with E-state index in [1.54, 1.807) is 7.11 Å². The van der Waals surface area contributed by atoms with Gasteiger partial charge in [-0.25, -0.2) is 0 Å². The van der Waals surface area contributed by atoms with Crippen LogP contribution in [0.25, 0.3) is 0 Å². The van der Waals surface area contributed by atoms with Gasteiger partial charge < -0.3 is 19.4 Å². The van der Waals surface area contributed by atoms with Gasteiger partial charge in [0.1, 0.15) is 8.96 Å². The number of aliphatic hydroxyl groups excluding tert-OH is 1. The van der Waals surface area contributed by atoms with Crippen LogP contribution >= 0.6 is 0 Å². The molecule has 0 aromatic heterocycles. The molecule has 18 heavy (non-hydrogen) atoms. The van der Waals surface area contributed by atoms with Gasteiger partial charge in [-0.1, -0.05) is 27.9 Å². The first-order valence-electron chi connectivity index (χ1n) is 5.55. The van der Waals surface area contributed by atoms with Crippen molar-refractivity contribution in [3.05, 3.63) is 0 Å². The van der Waals surface area contributed by atoms with Crippen LogP contribution in [0.5, 0.6) is 0 Å². The molecule has 0 aliphatic heterocycles. The first kappa shape index (κ1) is 36.2. The molecule has 0 spiro atoms. The Morgan fingerprint density at radius 1 is 0.944 bits per heavy atom. The SMILES string of the molecule is C.C.CN(C)[SiH](C)C.CNC.CO.CO[SiH](C)C. The minimum absolute atomic E-state index is 0. The Balaban J connectivity index is -0.0000000276. The Morgan fingerprint density at radius 3 is 1.06 bits per heavy atom. The van der Waals surface area contributed by atoms with Gasteiger partial charge in [0, 0.05) is 14.2 Å². The van der Waals surface area contributed by atoms with Crippen molar-refractivity contribution in [2.45, 2.75) is 41.0 Å². The summed E-state index contributed by atoms with van der Waals surface area (Å²) in [5.41, 5.74) is 0. The highest BCUT2D eigenvalue weighted by atomic mass is 28.3. The Morgan fingerprint density at radius 2 is 1.06 bits per heavy atom. The Kier molecular flexibility index (Phi) is 72.4. The van der Waals surface area contributed by atoms with E-state index in [2.05, 4.69) is 50.2 Å². The summed E-state index contributed by atoms with van der Waals surface area (Å²) >= 11 is 0. The van der Waals surface area contributed by atoms with Crippen LogP contribution in [0.2, 0.25) is 26.2 Å². The zero-order valence-corrected chi connectivity index (χ0v) is 15.3. The maximum Gasteiger partial charge on any atom is 0.170 e. The fourth-order valence-electron chi connectivity index (χ4n) is 0. The molecule has 2 N–H and O–H groups in total. The molecule has 0 amide bonds. The second-order valence-corrected chi connectivity index (χ2v) is 9.63. The van der Waals surface area contributed by atoms with E-state index in [0.717, 1.165) is 7.11 Å². The van der Waals surface area contributed by atoms with Gasteiger partial charge in [-0.2, -0.15) is 0 Å². The number of nitrogens with one attached hydrogen (secondary N) is 1. The molecule has 4 nitrogen and oxygen atoms in total. The molecule has 120 valence electrons. The smallest absolute Gasteiger partial charge is 0.170 e. The zero-order chi connectivity index (χ0) is 14.1. The third-order valence-electron chi connectivity index (χ3n) is 1.50. The molecule has 0 unspecified atom stereocenters. The summed E-state index contributed by atoms with van der Waals surface area (Å²) in [7, 11) is 9.72. The number of rotatable bonds is 2. The molecule has 0 aliphatic carbocycles. The molecule has 0 aromatic rings. The van der Waals surface area contributed by atoms with E-state index in [0.29, 0.717) is 0 Å². The van der Waals surface area contributed by atoms with Crippen LogP contribution in [0.1, 0.15) is 14.9 Å². The average Bonchev–Trinajstić information content (AvgIpc) is 2.22. The number of nitrogens with zero attached hydrogens (tertiary/aromatic N) is 1. The third kappa shape index (κ3) is 96.5. The minimum Gasteiger partial charge on any atom is -0.424 e. The molecule has 0 atom stereocenters. The van der Waals surface area contributed by atoms with E-state index in [-0.39, 0.29) is 14.9 Å². The van der Waals surface area contributed by atoms with Crippen molar-refractivity contribution in [3.8, 4) is 0 Å². The lowest BCUT2D eigenvalue weighted by Gasteiger charge is -2.10. The van der Waals surface area contributed by atoms with Gasteiger partial charge in [-0.15, -0.1) is 0 Å². The molecule has 0 aromatic carbocycles. The Bertz CT molecular complexity index is 90.1. The fraction of sp³-hybridized carbons (Fsp3) is 1.00. The second kappa shape index (κ2) is 36.0. The fourth-order valence-corrected chi connectivity index (χ4v) is 0. The van der Waals surface area contributed by atoms with Gasteiger partial charge in [-0.3, -0.25) is 0 Å². The van der Waals surface area contributed by atoms with Crippen molar-refractivity contribution < 1.29 is 9.53 Å². The Labute approximate surface area is 121 Å². The van der Waals surface area contributed by atoms with E-state index in [1.165, 1.54) is 0 Å². The topological polar surface area (TPSA) is 44.7 Å². The lowest BCUT2D eigenvalue weighted by Crippen LogP contribution is -2.25. The van der Waals surface area contributed by atoms with E-state index in [9.17, 15) is 0 Å². The molecule has 0 rings (SSSR count). The monoisotopic (exact) mass is 302 g/mol. The lowest BCUT2D eigenvalue weighted by molar-refractivity contribution is 0.399. The number of hydrogen-bond acceptors (Lipinski definition) is 4. The number of hydrogen-bond donors (Lipinski definition) is 2. The van der Waals surface area contributed by atoms with Gasteiger partial charge in [0.25, 0.3) is 0 Å². The summed E-state index contributed by atoms with van der Waals surface area (Å²) in [5.74, 6) is 0. The molecule has 0 fully saturated rings. The van der Waals surface area contributed by atoms with Crippen LogP contribution in [-0.4, -0.2) is 70.1 Å². The van der Waals surface area contributed by atoms with E-state index in [4.69, 9.17) is 9.53 Å². The molecule has 0 saturated carbocycles. The van der Waals surface area contributed by atoms with Crippen molar-refractivity contribution in [2.75, 3.05) is 42.4 Å². The predicted octanol–water partition coefficient (Wildman–Crippen LogP) is 1.86. The molecular formula is C12H42N2O2Si2. The number of aliphatic hydroxyl groups is 1.